The molecule has 3 nitrogen and oxygen atoms in total. The zero-order chi connectivity index (χ0) is 10.8. The van der Waals surface area contributed by atoms with Gasteiger partial charge in [-0.05, 0) is 24.3 Å². The molecule has 1 N–H and O–H groups in total. The summed E-state index contributed by atoms with van der Waals surface area (Å²) in [5.41, 5.74) is 1.49. The van der Waals surface area contributed by atoms with E-state index in [-0.39, 0.29) is 0 Å². The van der Waals surface area contributed by atoms with E-state index in [0.717, 1.165) is 5.69 Å². The monoisotopic (exact) mass is 181 g/mol. The van der Waals surface area contributed by atoms with Gasteiger partial charge in [0.2, 0.25) is 0 Å². The van der Waals surface area contributed by atoms with Crippen molar-refractivity contribution in [2.24, 2.45) is 0 Å². The molecule has 0 aliphatic carbocycles. The standard InChI is InChI=1S/C10H13NO2/c1-11(2,3)9-6-4-8(5-7-9)10(12)13/h4-7H,1-3H3/p+1/i/hD. The lowest BCUT2D eigenvalue weighted by molar-refractivity contribution is 0.0697. The molecular weight excluding hydrogens is 166 g/mol. The Labute approximate surface area is 79.3 Å². The largest absolute Gasteiger partial charge is 0.478 e. The Morgan fingerprint density at radius 1 is 1.31 bits per heavy atom. The van der Waals surface area contributed by atoms with Crippen molar-refractivity contribution in [3.05, 3.63) is 29.8 Å². The van der Waals surface area contributed by atoms with E-state index in [1.807, 2.05) is 33.3 Å². The van der Waals surface area contributed by atoms with Crippen LogP contribution in [0.15, 0.2) is 24.3 Å². The second kappa shape index (κ2) is 3.18. The van der Waals surface area contributed by atoms with Crippen LogP contribution >= 0.6 is 0 Å². The third kappa shape index (κ3) is 2.29. The first-order valence-corrected chi connectivity index (χ1v) is 4.04. The number of hydrogen-bond donors (Lipinski definition) is 1. The zero-order valence-corrected chi connectivity index (χ0v) is 8.07. The summed E-state index contributed by atoms with van der Waals surface area (Å²) in [6.45, 7) is 0. The van der Waals surface area contributed by atoms with Gasteiger partial charge >= 0.3 is 5.97 Å². The smallest absolute Gasteiger partial charge is 0.335 e. The molecule has 0 radical (unpaired) electrons. The van der Waals surface area contributed by atoms with E-state index in [9.17, 15) is 4.79 Å². The van der Waals surface area contributed by atoms with Crippen LogP contribution in [0.5, 0.6) is 0 Å². The molecule has 0 spiro atoms. The molecule has 3 heteroatoms. The fourth-order valence-electron chi connectivity index (χ4n) is 1.04. The minimum Gasteiger partial charge on any atom is -0.478 e. The molecule has 0 atom stereocenters. The quantitative estimate of drug-likeness (QED) is 0.703. The number of rotatable bonds is 2. The van der Waals surface area contributed by atoms with Gasteiger partial charge in [-0.15, -0.1) is 0 Å². The maximum Gasteiger partial charge on any atom is 0.335 e. The second-order valence-electron chi connectivity index (χ2n) is 3.85. The van der Waals surface area contributed by atoms with Gasteiger partial charge in [-0.3, -0.25) is 4.48 Å². The Morgan fingerprint density at radius 2 is 1.85 bits per heavy atom. The van der Waals surface area contributed by atoms with Crippen LogP contribution in [0.4, 0.5) is 5.69 Å². The van der Waals surface area contributed by atoms with Crippen LogP contribution < -0.4 is 4.48 Å². The Bertz CT molecular complexity index is 327. The minimum absolute atomic E-state index is 0.400. The van der Waals surface area contributed by atoms with Gasteiger partial charge in [-0.2, -0.15) is 0 Å². The lowest BCUT2D eigenvalue weighted by atomic mass is 10.2. The molecule has 13 heavy (non-hydrogen) atoms. The van der Waals surface area contributed by atoms with E-state index >= 15 is 0 Å². The summed E-state index contributed by atoms with van der Waals surface area (Å²) < 4.78 is 7.16. The summed E-state index contributed by atoms with van der Waals surface area (Å²) in [6.07, 6.45) is 0. The van der Waals surface area contributed by atoms with Crippen LogP contribution in [0.3, 0.4) is 0 Å². The highest BCUT2D eigenvalue weighted by molar-refractivity contribution is 5.87. The molecule has 0 saturated heterocycles. The molecule has 0 heterocycles. The molecule has 0 bridgehead atoms. The van der Waals surface area contributed by atoms with E-state index in [2.05, 4.69) is 5.11 Å². The van der Waals surface area contributed by atoms with Crippen molar-refractivity contribution in [1.29, 1.82) is 1.43 Å². The van der Waals surface area contributed by atoms with Crippen molar-refractivity contribution in [2.45, 2.75) is 0 Å². The average molecular weight is 181 g/mol. The van der Waals surface area contributed by atoms with Crippen LogP contribution in [0.2, 0.25) is 0 Å². The van der Waals surface area contributed by atoms with Gasteiger partial charge in [0, 0.05) is 0 Å². The molecule has 1 aromatic carbocycles. The van der Waals surface area contributed by atoms with E-state index in [4.69, 9.17) is 1.43 Å². The molecule has 0 amide bonds. The average Bonchev–Trinajstić information content (AvgIpc) is 2.15. The fraction of sp³-hybridized carbons (Fsp3) is 0.300. The van der Waals surface area contributed by atoms with Gasteiger partial charge in [0.25, 0.3) is 1.43 Å². The van der Waals surface area contributed by atoms with Gasteiger partial charge in [-0.25, -0.2) is 4.79 Å². The van der Waals surface area contributed by atoms with E-state index < -0.39 is 5.97 Å². The highest BCUT2D eigenvalue weighted by Crippen LogP contribution is 2.16. The number of aromatic carboxylic acids is 1. The molecule has 0 aliphatic heterocycles. The van der Waals surface area contributed by atoms with Crippen molar-refractivity contribution in [3.8, 4) is 0 Å². The Kier molecular flexibility index (Phi) is 2.02. The van der Waals surface area contributed by atoms with Crippen LogP contribution in [0, 0.1) is 0 Å². The maximum atomic E-state index is 11.0. The molecular formula is C10H14NO2+. The van der Waals surface area contributed by atoms with Crippen molar-refractivity contribution in [2.75, 3.05) is 21.1 Å². The molecule has 1 aromatic rings. The van der Waals surface area contributed by atoms with Gasteiger partial charge in [0.1, 0.15) is 5.69 Å². The van der Waals surface area contributed by atoms with Crippen LogP contribution in [-0.4, -0.2) is 32.2 Å². The normalized spacial score (nSPS) is 12.1. The summed E-state index contributed by atoms with van der Waals surface area (Å²) in [5.74, 6) is -0.627. The van der Waals surface area contributed by atoms with Crippen molar-refractivity contribution >= 4 is 11.7 Å². The van der Waals surface area contributed by atoms with Gasteiger partial charge < -0.3 is 5.11 Å². The molecule has 1 rings (SSSR count). The first-order chi connectivity index (χ1) is 6.45. The number of quaternary nitrogens is 1. The highest BCUT2D eigenvalue weighted by atomic mass is 16.4. The van der Waals surface area contributed by atoms with Crippen molar-refractivity contribution in [1.82, 2.24) is 4.48 Å². The maximum absolute atomic E-state index is 11.0. The van der Waals surface area contributed by atoms with Gasteiger partial charge in [0.05, 0.1) is 26.7 Å². The molecule has 0 aromatic heterocycles. The number of nitrogens with zero attached hydrogens (tertiary/aromatic N) is 1. The number of carboxylic acid groups (broad SMARTS) is 1. The predicted octanol–water partition coefficient (Wildman–Crippen LogP) is 1.58. The molecule has 0 aliphatic rings. The van der Waals surface area contributed by atoms with Gasteiger partial charge in [0.15, 0.2) is 0 Å². The van der Waals surface area contributed by atoms with E-state index in [0.29, 0.717) is 10.0 Å². The summed E-state index contributed by atoms with van der Waals surface area (Å²) in [6, 6.07) is 7.03. The first kappa shape index (κ1) is 8.26. The third-order valence-electron chi connectivity index (χ3n) is 1.88. The lowest BCUT2D eigenvalue weighted by Crippen LogP contribution is -2.34. The van der Waals surface area contributed by atoms with Crippen LogP contribution in [-0.2, 0) is 0 Å². The summed E-state index contributed by atoms with van der Waals surface area (Å²) in [5, 5.41) is 3.87. The molecule has 70 valence electrons. The molecule has 0 saturated carbocycles. The van der Waals surface area contributed by atoms with Gasteiger partial charge in [-0.1, -0.05) is 0 Å². The topological polar surface area (TPSA) is 37.3 Å². The lowest BCUT2D eigenvalue weighted by Gasteiger charge is -2.23. The number of carbonyl (C=O) groups is 1. The minimum atomic E-state index is -0.627. The number of carboxylic acids is 1. The van der Waals surface area contributed by atoms with Crippen molar-refractivity contribution < 1.29 is 9.90 Å². The number of benzene rings is 1. The van der Waals surface area contributed by atoms with E-state index in [1.165, 1.54) is 0 Å². The SMILES string of the molecule is [2H]OC(=O)c1ccc([N+](C)(C)C)cc1. The number of hydrogen-bond acceptors (Lipinski definition) is 2. The Hall–Kier alpha value is -1.35. The Balaban J connectivity index is 2.95. The first-order valence-electron chi connectivity index (χ1n) is 4.45. The molecule has 0 fully saturated rings. The summed E-state index contributed by atoms with van der Waals surface area (Å²) in [7, 11) is 6.12. The van der Waals surface area contributed by atoms with Crippen molar-refractivity contribution in [3.63, 3.8) is 0 Å². The predicted molar refractivity (Wildman–Crippen MR) is 53.0 cm³/mol. The zero-order valence-electron chi connectivity index (χ0n) is 9.07. The molecule has 0 unspecified atom stereocenters. The highest BCUT2D eigenvalue weighted by Gasteiger charge is 2.12. The van der Waals surface area contributed by atoms with Crippen LogP contribution in [0.1, 0.15) is 10.4 Å². The van der Waals surface area contributed by atoms with E-state index in [1.54, 1.807) is 12.1 Å². The second-order valence-corrected chi connectivity index (χ2v) is 3.85. The summed E-state index contributed by atoms with van der Waals surface area (Å²) in [4.78, 5) is 11.0. The summed E-state index contributed by atoms with van der Waals surface area (Å²) >= 11 is 0. The van der Waals surface area contributed by atoms with Crippen LogP contribution in [0.25, 0.3) is 1.43 Å². The Morgan fingerprint density at radius 3 is 2.23 bits per heavy atom. The fourth-order valence-corrected chi connectivity index (χ4v) is 1.04. The third-order valence-corrected chi connectivity index (χ3v) is 1.88.